The lowest BCUT2D eigenvalue weighted by atomic mass is 9.92. The number of carbonyl (C=O) groups is 1. The van der Waals surface area contributed by atoms with Crippen LogP contribution in [0.5, 0.6) is 0 Å². The molecule has 6 nitrogen and oxygen atoms in total. The zero-order valence-electron chi connectivity index (χ0n) is 11.3. The third-order valence-electron chi connectivity index (χ3n) is 3.27. The van der Waals surface area contributed by atoms with Crippen molar-refractivity contribution in [1.82, 2.24) is 9.71 Å². The Morgan fingerprint density at radius 2 is 2.05 bits per heavy atom. The van der Waals surface area contributed by atoms with Gasteiger partial charge in [-0.1, -0.05) is 11.6 Å². The van der Waals surface area contributed by atoms with Gasteiger partial charge in [0.2, 0.25) is 0 Å². The summed E-state index contributed by atoms with van der Waals surface area (Å²) in [4.78, 5) is 14.9. The van der Waals surface area contributed by atoms with Crippen LogP contribution in [0, 0.1) is 5.92 Å². The maximum atomic E-state index is 14.1. The van der Waals surface area contributed by atoms with Crippen molar-refractivity contribution in [2.24, 2.45) is 5.92 Å². The average molecular weight is 355 g/mol. The quantitative estimate of drug-likeness (QED) is 0.830. The van der Waals surface area contributed by atoms with Gasteiger partial charge in [0.25, 0.3) is 10.0 Å². The molecule has 1 N–H and O–H groups in total. The van der Waals surface area contributed by atoms with Crippen LogP contribution in [0.15, 0.2) is 23.2 Å². The van der Waals surface area contributed by atoms with Crippen LogP contribution >= 0.6 is 11.6 Å². The molecule has 0 atom stereocenters. The number of halogens is 3. The summed E-state index contributed by atoms with van der Waals surface area (Å²) >= 11 is 5.55. The van der Waals surface area contributed by atoms with Gasteiger partial charge in [-0.15, -0.1) is 0 Å². The molecule has 10 heteroatoms. The van der Waals surface area contributed by atoms with Gasteiger partial charge in [-0.25, -0.2) is 18.1 Å². The van der Waals surface area contributed by atoms with Crippen LogP contribution in [0.2, 0.25) is 5.15 Å². The normalized spacial score (nSPS) is 17.2. The first-order chi connectivity index (χ1) is 10.2. The molecule has 1 amide bonds. The third-order valence-corrected chi connectivity index (χ3v) is 4.81. The van der Waals surface area contributed by atoms with Crippen molar-refractivity contribution in [3.63, 3.8) is 0 Å². The molecule has 0 unspecified atom stereocenters. The fraction of sp³-hybridized carbons (Fsp3) is 0.500. The number of pyridine rings is 1. The predicted octanol–water partition coefficient (Wildman–Crippen LogP) is 1.60. The summed E-state index contributed by atoms with van der Waals surface area (Å²) in [6, 6.07) is 2.01. The molecule has 122 valence electrons. The summed E-state index contributed by atoms with van der Waals surface area (Å²) in [5.41, 5.74) is 0. The van der Waals surface area contributed by atoms with E-state index in [1.54, 1.807) is 0 Å². The molecule has 0 spiro atoms. The topological polar surface area (TPSA) is 85.4 Å². The number of amides is 1. The predicted molar refractivity (Wildman–Crippen MR) is 73.1 cm³/mol. The van der Waals surface area contributed by atoms with Gasteiger partial charge in [0, 0.05) is 25.3 Å². The highest BCUT2D eigenvalue weighted by Crippen LogP contribution is 2.33. The summed E-state index contributed by atoms with van der Waals surface area (Å²) < 4.78 is 58.4. The second kappa shape index (κ2) is 6.43. The first-order valence-corrected chi connectivity index (χ1v) is 8.24. The zero-order chi connectivity index (χ0) is 16.4. The molecule has 0 bridgehead atoms. The van der Waals surface area contributed by atoms with Crippen LogP contribution in [-0.2, 0) is 19.6 Å². The number of hydrogen-bond donors (Lipinski definition) is 1. The fourth-order valence-electron chi connectivity index (χ4n) is 2.05. The number of hydrogen-bond acceptors (Lipinski definition) is 5. The molecule has 22 heavy (non-hydrogen) atoms. The first-order valence-electron chi connectivity index (χ1n) is 6.38. The van der Waals surface area contributed by atoms with Gasteiger partial charge in [0.1, 0.15) is 5.15 Å². The van der Waals surface area contributed by atoms with Gasteiger partial charge in [0.15, 0.2) is 0 Å². The lowest BCUT2D eigenvalue weighted by molar-refractivity contribution is -0.157. The SMILES string of the molecule is O=C(NS(=O)(=O)c1ccnc(Cl)c1)C(F)(F)C1CCOCC1. The van der Waals surface area contributed by atoms with Crippen LogP contribution in [0.25, 0.3) is 0 Å². The lowest BCUT2D eigenvalue weighted by Crippen LogP contribution is -2.48. The Hall–Kier alpha value is -1.32. The van der Waals surface area contributed by atoms with E-state index >= 15 is 0 Å². The van der Waals surface area contributed by atoms with Crippen LogP contribution in [-0.4, -0.2) is 38.4 Å². The molecule has 1 aliphatic heterocycles. The van der Waals surface area contributed by atoms with Crippen LogP contribution < -0.4 is 4.72 Å². The highest BCUT2D eigenvalue weighted by molar-refractivity contribution is 7.90. The number of ether oxygens (including phenoxy) is 1. The monoisotopic (exact) mass is 354 g/mol. The van der Waals surface area contributed by atoms with E-state index in [2.05, 4.69) is 4.98 Å². The van der Waals surface area contributed by atoms with Gasteiger partial charge in [-0.05, 0) is 25.0 Å². The summed E-state index contributed by atoms with van der Waals surface area (Å²) in [6.07, 6.45) is 1.07. The number of sulfonamides is 1. The van der Waals surface area contributed by atoms with Crippen molar-refractivity contribution in [1.29, 1.82) is 0 Å². The van der Waals surface area contributed by atoms with Gasteiger partial charge in [-0.2, -0.15) is 8.78 Å². The van der Waals surface area contributed by atoms with Crippen LogP contribution in [0.1, 0.15) is 12.8 Å². The Morgan fingerprint density at radius 1 is 1.41 bits per heavy atom. The van der Waals surface area contributed by atoms with Crippen molar-refractivity contribution in [2.45, 2.75) is 23.7 Å². The highest BCUT2D eigenvalue weighted by Gasteiger charge is 2.48. The fourth-order valence-corrected chi connectivity index (χ4v) is 3.29. The third kappa shape index (κ3) is 3.71. The molecular formula is C12H13ClF2N2O4S. The maximum Gasteiger partial charge on any atom is 0.328 e. The van der Waals surface area contributed by atoms with Gasteiger partial charge < -0.3 is 4.74 Å². The Kier molecular flexibility index (Phi) is 4.98. The van der Waals surface area contributed by atoms with E-state index in [9.17, 15) is 22.0 Å². The number of nitrogens with one attached hydrogen (secondary N) is 1. The largest absolute Gasteiger partial charge is 0.381 e. The molecule has 0 aromatic carbocycles. The number of nitrogens with zero attached hydrogens (tertiary/aromatic N) is 1. The van der Waals surface area contributed by atoms with E-state index in [-0.39, 0.29) is 31.2 Å². The molecule has 0 radical (unpaired) electrons. The van der Waals surface area contributed by atoms with Gasteiger partial charge in [-0.3, -0.25) is 4.79 Å². The number of rotatable bonds is 4. The number of aromatic nitrogens is 1. The standard InChI is InChI=1S/C12H13ClF2N2O4S/c13-10-7-9(1-4-16-10)22(19,20)17-11(18)12(14,15)8-2-5-21-6-3-8/h1,4,7-8H,2-3,5-6H2,(H,17,18). The summed E-state index contributed by atoms with van der Waals surface area (Å²) in [5.74, 6) is -6.90. The van der Waals surface area contributed by atoms with E-state index in [0.29, 0.717) is 0 Å². The van der Waals surface area contributed by atoms with Crippen molar-refractivity contribution in [2.75, 3.05) is 13.2 Å². The minimum atomic E-state index is -4.44. The van der Waals surface area contributed by atoms with Crippen molar-refractivity contribution < 1.29 is 26.7 Å². The molecule has 0 aliphatic carbocycles. The summed E-state index contributed by atoms with van der Waals surface area (Å²) in [7, 11) is -4.44. The number of alkyl halides is 2. The molecule has 1 aromatic rings. The second-order valence-corrected chi connectivity index (χ2v) is 6.83. The maximum absolute atomic E-state index is 14.1. The molecule has 1 aromatic heterocycles. The number of carbonyl (C=O) groups excluding carboxylic acids is 1. The molecular weight excluding hydrogens is 342 g/mol. The van der Waals surface area contributed by atoms with Crippen molar-refractivity contribution >= 4 is 27.5 Å². The van der Waals surface area contributed by atoms with Crippen molar-refractivity contribution in [3.05, 3.63) is 23.5 Å². The van der Waals surface area contributed by atoms with E-state index in [1.807, 2.05) is 0 Å². The Labute approximate surface area is 130 Å². The highest BCUT2D eigenvalue weighted by atomic mass is 35.5. The molecule has 1 aliphatic rings. The molecule has 2 rings (SSSR count). The average Bonchev–Trinajstić information content (AvgIpc) is 2.47. The van der Waals surface area contributed by atoms with Crippen molar-refractivity contribution in [3.8, 4) is 0 Å². The lowest BCUT2D eigenvalue weighted by Gasteiger charge is -2.28. The Morgan fingerprint density at radius 3 is 2.64 bits per heavy atom. The molecule has 2 heterocycles. The molecule has 1 saturated heterocycles. The smallest absolute Gasteiger partial charge is 0.328 e. The minimum absolute atomic E-state index is 0.0123. The Balaban J connectivity index is 2.16. The second-order valence-electron chi connectivity index (χ2n) is 4.76. The first kappa shape index (κ1) is 17.0. The summed E-state index contributed by atoms with van der Waals surface area (Å²) in [6.45, 7) is 0.223. The molecule has 1 fully saturated rings. The minimum Gasteiger partial charge on any atom is -0.381 e. The van der Waals surface area contributed by atoms with Crippen LogP contribution in [0.4, 0.5) is 8.78 Å². The Bertz CT molecular complexity index is 663. The van der Waals surface area contributed by atoms with E-state index in [0.717, 1.165) is 18.3 Å². The van der Waals surface area contributed by atoms with Gasteiger partial charge >= 0.3 is 11.8 Å². The van der Waals surface area contributed by atoms with E-state index < -0.39 is 32.7 Å². The van der Waals surface area contributed by atoms with E-state index in [1.165, 1.54) is 4.72 Å². The van der Waals surface area contributed by atoms with E-state index in [4.69, 9.17) is 16.3 Å². The summed E-state index contributed by atoms with van der Waals surface area (Å²) in [5, 5.41) is -0.133. The molecule has 0 saturated carbocycles. The van der Waals surface area contributed by atoms with Crippen LogP contribution in [0.3, 0.4) is 0 Å². The zero-order valence-corrected chi connectivity index (χ0v) is 12.8. The van der Waals surface area contributed by atoms with Gasteiger partial charge in [0.05, 0.1) is 4.90 Å².